The smallest absolute Gasteiger partial charge is 0.225 e. The maximum atomic E-state index is 4.57. The highest BCUT2D eigenvalue weighted by Gasteiger charge is 2.25. The maximum absolute atomic E-state index is 4.57. The highest BCUT2D eigenvalue weighted by atomic mass is 79.9. The van der Waals surface area contributed by atoms with Gasteiger partial charge in [0.1, 0.15) is 0 Å². The first-order valence-corrected chi connectivity index (χ1v) is 9.14. The third-order valence-corrected chi connectivity index (χ3v) is 4.83. The molecule has 0 saturated heterocycles. The Morgan fingerprint density at radius 3 is 2.80 bits per heavy atom. The predicted molar refractivity (Wildman–Crippen MR) is 102 cm³/mol. The lowest BCUT2D eigenvalue weighted by Gasteiger charge is -2.15. The van der Waals surface area contributed by atoms with Crippen molar-refractivity contribution in [1.82, 2.24) is 20.2 Å². The van der Waals surface area contributed by atoms with Crippen molar-refractivity contribution in [2.24, 2.45) is 0 Å². The topological polar surface area (TPSA) is 78.5 Å². The number of rotatable bonds is 6. The molecule has 1 aliphatic rings. The zero-order chi connectivity index (χ0) is 17.2. The Morgan fingerprint density at radius 1 is 1.24 bits per heavy atom. The van der Waals surface area contributed by atoms with Gasteiger partial charge in [-0.3, -0.25) is 5.10 Å². The Hall–Kier alpha value is -2.41. The van der Waals surface area contributed by atoms with E-state index in [-0.39, 0.29) is 6.04 Å². The summed E-state index contributed by atoms with van der Waals surface area (Å²) in [6.07, 6.45) is 4.22. The van der Waals surface area contributed by atoms with E-state index in [2.05, 4.69) is 65.8 Å². The normalized spacial score (nSPS) is 15.0. The summed E-state index contributed by atoms with van der Waals surface area (Å²) in [5.41, 5.74) is 2.37. The fraction of sp³-hybridized carbons (Fsp3) is 0.278. The number of benzene rings is 1. The molecule has 0 radical (unpaired) electrons. The first-order valence-electron chi connectivity index (χ1n) is 8.35. The minimum atomic E-state index is 0.113. The summed E-state index contributed by atoms with van der Waals surface area (Å²) in [6, 6.07) is 12.4. The molecule has 1 unspecified atom stereocenters. The van der Waals surface area contributed by atoms with E-state index in [1.807, 2.05) is 24.3 Å². The van der Waals surface area contributed by atoms with E-state index in [0.717, 1.165) is 10.3 Å². The van der Waals surface area contributed by atoms with E-state index < -0.39 is 0 Å². The van der Waals surface area contributed by atoms with Crippen LogP contribution in [0.15, 0.2) is 47.1 Å². The molecule has 3 N–H and O–H groups in total. The van der Waals surface area contributed by atoms with E-state index in [4.69, 9.17) is 0 Å². The average molecular weight is 399 g/mol. The maximum Gasteiger partial charge on any atom is 0.225 e. The molecule has 1 saturated carbocycles. The van der Waals surface area contributed by atoms with Crippen LogP contribution in [0.3, 0.4) is 0 Å². The lowest BCUT2D eigenvalue weighted by molar-refractivity contribution is 0.860. The molecule has 1 aliphatic carbocycles. The van der Waals surface area contributed by atoms with Gasteiger partial charge in [0.05, 0.1) is 10.5 Å². The van der Waals surface area contributed by atoms with Gasteiger partial charge in [-0.1, -0.05) is 30.3 Å². The summed E-state index contributed by atoms with van der Waals surface area (Å²) in [5, 5.41) is 14.0. The second kappa shape index (κ2) is 6.84. The van der Waals surface area contributed by atoms with Crippen molar-refractivity contribution in [3.8, 4) is 0 Å². The van der Waals surface area contributed by atoms with Crippen LogP contribution < -0.4 is 10.6 Å². The summed E-state index contributed by atoms with van der Waals surface area (Å²) in [7, 11) is 0. The molecular weight excluding hydrogens is 380 g/mol. The molecule has 0 aliphatic heterocycles. The van der Waals surface area contributed by atoms with Crippen LogP contribution in [0, 0.1) is 0 Å². The number of anilines is 3. The number of aromatic amines is 1. The minimum absolute atomic E-state index is 0.113. The van der Waals surface area contributed by atoms with Gasteiger partial charge in [-0.25, -0.2) is 4.98 Å². The van der Waals surface area contributed by atoms with Gasteiger partial charge in [0.25, 0.3) is 0 Å². The Labute approximate surface area is 154 Å². The molecule has 4 rings (SSSR count). The van der Waals surface area contributed by atoms with Crippen LogP contribution in [0.1, 0.15) is 43.0 Å². The van der Waals surface area contributed by atoms with Gasteiger partial charge in [0, 0.05) is 23.9 Å². The Morgan fingerprint density at radius 2 is 2.04 bits per heavy atom. The fourth-order valence-electron chi connectivity index (χ4n) is 2.67. The lowest BCUT2D eigenvalue weighted by Crippen LogP contribution is -2.10. The van der Waals surface area contributed by atoms with Gasteiger partial charge in [0.15, 0.2) is 11.6 Å². The monoisotopic (exact) mass is 398 g/mol. The number of hydrogen-bond donors (Lipinski definition) is 3. The van der Waals surface area contributed by atoms with Crippen LogP contribution >= 0.6 is 15.9 Å². The van der Waals surface area contributed by atoms with Crippen LogP contribution in [-0.4, -0.2) is 20.2 Å². The molecule has 1 aromatic carbocycles. The predicted octanol–water partition coefficient (Wildman–Crippen LogP) is 4.76. The Balaban J connectivity index is 1.49. The first-order chi connectivity index (χ1) is 12.2. The quantitative estimate of drug-likeness (QED) is 0.557. The minimum Gasteiger partial charge on any atom is -0.348 e. The van der Waals surface area contributed by atoms with Gasteiger partial charge < -0.3 is 10.6 Å². The van der Waals surface area contributed by atoms with Crippen molar-refractivity contribution in [2.45, 2.75) is 31.7 Å². The molecule has 7 heteroatoms. The fourth-order valence-corrected chi connectivity index (χ4v) is 2.96. The lowest BCUT2D eigenvalue weighted by atomic mass is 10.1. The third-order valence-electron chi connectivity index (χ3n) is 4.25. The van der Waals surface area contributed by atoms with E-state index in [1.165, 1.54) is 24.1 Å². The zero-order valence-corrected chi connectivity index (χ0v) is 15.4. The average Bonchev–Trinajstić information content (AvgIpc) is 3.38. The second-order valence-electron chi connectivity index (χ2n) is 6.27. The molecule has 0 amide bonds. The van der Waals surface area contributed by atoms with E-state index in [9.17, 15) is 0 Å². The largest absolute Gasteiger partial charge is 0.348 e. The highest BCUT2D eigenvalue weighted by Crippen LogP contribution is 2.39. The highest BCUT2D eigenvalue weighted by molar-refractivity contribution is 9.10. The van der Waals surface area contributed by atoms with Gasteiger partial charge in [-0.15, -0.1) is 0 Å². The van der Waals surface area contributed by atoms with Gasteiger partial charge >= 0.3 is 0 Å². The molecule has 1 atom stereocenters. The molecule has 2 heterocycles. The van der Waals surface area contributed by atoms with Gasteiger partial charge in [0.2, 0.25) is 5.95 Å². The van der Waals surface area contributed by atoms with Crippen molar-refractivity contribution >= 4 is 33.5 Å². The van der Waals surface area contributed by atoms with Gasteiger partial charge in [-0.05, 0) is 41.3 Å². The van der Waals surface area contributed by atoms with Crippen molar-refractivity contribution in [1.29, 1.82) is 0 Å². The zero-order valence-electron chi connectivity index (χ0n) is 13.8. The van der Waals surface area contributed by atoms with Crippen LogP contribution in [-0.2, 0) is 0 Å². The van der Waals surface area contributed by atoms with Crippen LogP contribution in [0.2, 0.25) is 0 Å². The van der Waals surface area contributed by atoms with E-state index >= 15 is 0 Å². The Bertz CT molecular complexity index is 859. The summed E-state index contributed by atoms with van der Waals surface area (Å²) < 4.78 is 0.793. The molecular formula is C18H19BrN6. The molecule has 128 valence electrons. The molecule has 0 bridgehead atoms. The third kappa shape index (κ3) is 3.82. The van der Waals surface area contributed by atoms with E-state index in [0.29, 0.717) is 17.7 Å². The molecule has 6 nitrogen and oxygen atoms in total. The summed E-state index contributed by atoms with van der Waals surface area (Å²) in [5.74, 6) is 2.66. The molecule has 3 aromatic rings. The SMILES string of the molecule is CC(Nc1ncc(Br)c(Nc2cc(C3CC3)[nH]n2)n1)c1ccccc1. The molecule has 25 heavy (non-hydrogen) atoms. The van der Waals surface area contributed by atoms with Crippen molar-refractivity contribution in [2.75, 3.05) is 10.6 Å². The van der Waals surface area contributed by atoms with Crippen molar-refractivity contribution < 1.29 is 0 Å². The number of nitrogens with zero attached hydrogens (tertiary/aromatic N) is 3. The van der Waals surface area contributed by atoms with Crippen molar-refractivity contribution in [3.63, 3.8) is 0 Å². The van der Waals surface area contributed by atoms with Gasteiger partial charge in [-0.2, -0.15) is 10.1 Å². The number of hydrogen-bond acceptors (Lipinski definition) is 5. The summed E-state index contributed by atoms with van der Waals surface area (Å²) in [4.78, 5) is 8.92. The first kappa shape index (κ1) is 16.1. The van der Waals surface area contributed by atoms with Crippen molar-refractivity contribution in [3.05, 3.63) is 58.3 Å². The molecule has 1 fully saturated rings. The number of aromatic nitrogens is 4. The molecule has 2 aromatic heterocycles. The number of H-pyrrole nitrogens is 1. The summed E-state index contributed by atoms with van der Waals surface area (Å²) >= 11 is 3.49. The summed E-state index contributed by atoms with van der Waals surface area (Å²) in [6.45, 7) is 2.09. The van der Waals surface area contributed by atoms with Crippen LogP contribution in [0.25, 0.3) is 0 Å². The van der Waals surface area contributed by atoms with E-state index in [1.54, 1.807) is 6.20 Å². The second-order valence-corrected chi connectivity index (χ2v) is 7.13. The standard InChI is InChI=1S/C18H19BrN6/c1-11(12-5-3-2-4-6-12)21-18-20-10-14(19)17(23-18)22-16-9-15(24-25-16)13-7-8-13/h2-6,9-11,13H,7-8H2,1H3,(H3,20,21,22,23,24,25). The molecule has 0 spiro atoms. The number of halogens is 1. The number of nitrogens with one attached hydrogen (secondary N) is 3. The van der Waals surface area contributed by atoms with Crippen LogP contribution in [0.4, 0.5) is 17.6 Å². The van der Waals surface area contributed by atoms with Crippen LogP contribution in [0.5, 0.6) is 0 Å². The Kier molecular flexibility index (Phi) is 4.40.